The Morgan fingerprint density at radius 2 is 1.59 bits per heavy atom. The molecule has 1 saturated carbocycles. The number of piperidine rings is 1. The van der Waals surface area contributed by atoms with Gasteiger partial charge in [-0.3, -0.25) is 19.3 Å². The van der Waals surface area contributed by atoms with E-state index in [1.54, 1.807) is 41.1 Å². The first-order valence-corrected chi connectivity index (χ1v) is 25.9. The minimum absolute atomic E-state index is 0.00769. The van der Waals surface area contributed by atoms with Gasteiger partial charge in [-0.05, 0) is 126 Å². The number of amides is 1. The van der Waals surface area contributed by atoms with Gasteiger partial charge in [-0.2, -0.15) is 0 Å². The summed E-state index contributed by atoms with van der Waals surface area (Å²) >= 11 is 0. The number of fused-ring (bicyclic) bond motifs is 3. The van der Waals surface area contributed by atoms with Crippen LogP contribution in [-0.2, 0) is 38.1 Å². The molecule has 1 amide bonds. The third kappa shape index (κ3) is 14.6. The molecule has 5 rings (SSSR count). The number of cyclic esters (lactones) is 1. The molecule has 0 spiro atoms. The molecule has 1 aliphatic carbocycles. The summed E-state index contributed by atoms with van der Waals surface area (Å²) < 4.78 is 24.1. The van der Waals surface area contributed by atoms with Crippen LogP contribution in [0.1, 0.15) is 132 Å². The first-order valence-electron chi connectivity index (χ1n) is 25.9. The Bertz CT molecular complexity index is 1900. The minimum atomic E-state index is -2.43. The molecule has 4 fully saturated rings. The molecule has 4 heterocycles. The second-order valence-corrected chi connectivity index (χ2v) is 21.5. The Balaban J connectivity index is 1.49. The average Bonchev–Trinajstić information content (AvgIpc) is 3.76. The molecule has 388 valence electrons. The number of ether oxygens (including phenoxy) is 4. The smallest absolute Gasteiger partial charge is 0.329 e. The number of nitrogens with zero attached hydrogens (tertiary/aromatic N) is 2. The summed E-state index contributed by atoms with van der Waals surface area (Å²) in [6.45, 7) is 19.0. The molecule has 69 heavy (non-hydrogen) atoms. The van der Waals surface area contributed by atoms with Gasteiger partial charge in [0, 0.05) is 58.2 Å². The number of Topliss-reactive ketones (excluding diaryl/α,β-unsaturated/α-hetero) is 2. The van der Waals surface area contributed by atoms with Crippen LogP contribution in [-0.4, -0.2) is 148 Å². The maximum Gasteiger partial charge on any atom is 0.329 e. The van der Waals surface area contributed by atoms with Crippen molar-refractivity contribution in [1.82, 2.24) is 9.80 Å². The number of hydrogen-bond acceptors (Lipinski definition) is 13. The molecular formula is C55H86N2O12. The van der Waals surface area contributed by atoms with Crippen molar-refractivity contribution in [3.63, 3.8) is 0 Å². The van der Waals surface area contributed by atoms with Crippen molar-refractivity contribution in [3.05, 3.63) is 59.8 Å². The van der Waals surface area contributed by atoms with E-state index in [-0.39, 0.29) is 61.0 Å². The quantitative estimate of drug-likeness (QED) is 0.127. The SMILES string of the molecule is C=C1C(C)CC(C)/C=C/C=C/C=C(\C)C(N2CCC(O)C2)CC2CCC(C)C(O)(O2)C(=O)C(=O)N2CCCCC2C(=O)OC(C(C)CC2CCC(O)C(OC)C2)CC(=O)C(C)/C=C(\C)C(O)C1OC. The van der Waals surface area contributed by atoms with Crippen LogP contribution >= 0.6 is 0 Å². The van der Waals surface area contributed by atoms with Crippen LogP contribution in [0, 0.1) is 35.5 Å². The number of hydrogen-bond donors (Lipinski definition) is 4. The molecule has 16 unspecified atom stereocenters. The summed E-state index contributed by atoms with van der Waals surface area (Å²) in [6.07, 6.45) is 13.7. The number of carbonyl (C=O) groups excluding carboxylic acids is 4. The molecule has 14 heteroatoms. The summed E-state index contributed by atoms with van der Waals surface area (Å²) in [5.74, 6) is -6.88. The lowest BCUT2D eigenvalue weighted by Gasteiger charge is -2.43. The highest BCUT2D eigenvalue weighted by atomic mass is 16.6. The van der Waals surface area contributed by atoms with Gasteiger partial charge in [-0.1, -0.05) is 83.2 Å². The van der Waals surface area contributed by atoms with Gasteiger partial charge in [0.1, 0.15) is 30.1 Å². The van der Waals surface area contributed by atoms with E-state index < -0.39 is 77.9 Å². The highest BCUT2D eigenvalue weighted by Crippen LogP contribution is 2.38. The topological polar surface area (TPSA) is 193 Å². The number of rotatable bonds is 6. The molecular weight excluding hydrogens is 881 g/mol. The first-order chi connectivity index (χ1) is 32.7. The highest BCUT2D eigenvalue weighted by molar-refractivity contribution is 6.39. The van der Waals surface area contributed by atoms with Crippen LogP contribution in [0.3, 0.4) is 0 Å². The van der Waals surface area contributed by atoms with E-state index in [4.69, 9.17) is 18.9 Å². The number of esters is 1. The van der Waals surface area contributed by atoms with Crippen LogP contribution in [0.25, 0.3) is 0 Å². The number of carbonyl (C=O) groups is 4. The summed E-state index contributed by atoms with van der Waals surface area (Å²) in [5.41, 5.74) is 2.31. The molecule has 4 N–H and O–H groups in total. The van der Waals surface area contributed by atoms with Gasteiger partial charge in [0.2, 0.25) is 5.79 Å². The Kier molecular flexibility index (Phi) is 21.2. The summed E-state index contributed by atoms with van der Waals surface area (Å²) in [6, 6.07) is -1.30. The zero-order chi connectivity index (χ0) is 50.7. The van der Waals surface area contributed by atoms with Crippen molar-refractivity contribution in [3.8, 4) is 0 Å². The number of likely N-dealkylation sites (tertiary alicyclic amines) is 1. The number of methoxy groups -OCH3 is 2. The van der Waals surface area contributed by atoms with Crippen LogP contribution in [0.5, 0.6) is 0 Å². The van der Waals surface area contributed by atoms with E-state index in [2.05, 4.69) is 31.4 Å². The number of aliphatic hydroxyl groups excluding tert-OH is 3. The Morgan fingerprint density at radius 1 is 0.855 bits per heavy atom. The number of ketones is 2. The first kappa shape index (κ1) is 56.6. The van der Waals surface area contributed by atoms with E-state index in [0.717, 1.165) is 24.0 Å². The lowest BCUT2D eigenvalue weighted by Crippen LogP contribution is -2.61. The average molecular weight is 967 g/mol. The number of β-amino-alcohol motifs (C(OH)–C–C–N with tert-alkyl or cyclic N) is 1. The van der Waals surface area contributed by atoms with Crippen molar-refractivity contribution in [2.45, 2.75) is 193 Å². The Hall–Kier alpha value is -3.34. The van der Waals surface area contributed by atoms with E-state index in [9.17, 15) is 39.6 Å². The van der Waals surface area contributed by atoms with Crippen molar-refractivity contribution in [2.75, 3.05) is 33.9 Å². The molecule has 14 nitrogen and oxygen atoms in total. The van der Waals surface area contributed by atoms with E-state index in [1.165, 1.54) is 4.90 Å². The van der Waals surface area contributed by atoms with Crippen LogP contribution in [0.2, 0.25) is 0 Å². The predicted octanol–water partition coefficient (Wildman–Crippen LogP) is 6.59. The van der Waals surface area contributed by atoms with Gasteiger partial charge < -0.3 is 44.3 Å². The summed E-state index contributed by atoms with van der Waals surface area (Å²) in [5, 5.41) is 44.9. The zero-order valence-electron chi connectivity index (χ0n) is 43.1. The van der Waals surface area contributed by atoms with Crippen LogP contribution < -0.4 is 0 Å². The monoisotopic (exact) mass is 967 g/mol. The molecule has 3 saturated heterocycles. The van der Waals surface area contributed by atoms with E-state index in [0.29, 0.717) is 76.5 Å². The van der Waals surface area contributed by atoms with Crippen molar-refractivity contribution < 1.29 is 58.6 Å². The zero-order valence-corrected chi connectivity index (χ0v) is 43.1. The molecule has 2 bridgehead atoms. The van der Waals surface area contributed by atoms with E-state index >= 15 is 0 Å². The number of aliphatic hydroxyl groups is 4. The predicted molar refractivity (Wildman–Crippen MR) is 264 cm³/mol. The van der Waals surface area contributed by atoms with E-state index in [1.807, 2.05) is 38.2 Å². The second kappa shape index (κ2) is 25.9. The second-order valence-electron chi connectivity index (χ2n) is 21.5. The van der Waals surface area contributed by atoms with Crippen molar-refractivity contribution in [2.24, 2.45) is 35.5 Å². The molecule has 0 aromatic rings. The Morgan fingerprint density at radius 3 is 2.28 bits per heavy atom. The van der Waals surface area contributed by atoms with Crippen molar-refractivity contribution in [1.29, 1.82) is 0 Å². The number of allylic oxidation sites excluding steroid dienone is 6. The summed E-state index contributed by atoms with van der Waals surface area (Å²) in [7, 11) is 3.12. The standard InChI is InChI=1S/C55H86N2O12/c1-33-16-12-11-13-17-34(2)45(56-25-23-42(58)32-56)30-43-21-19-39(7)55(65,69-43)52(62)53(63)57-24-15-14-18-44(57)54(64)68-48(37(5)28-41-20-22-46(59)49(29-41)66-9)31-47(60)36(4)27-38(6)50(61)51(67-10)40(8)35(3)26-33/h11-13,16-17,27,33,35-37,39,41-46,48-51,58-59,61,65H,8,14-15,18-26,28-32H2,1-7,9-10H3/b13-11+,16-12+,34-17+,38-27+. The third-order valence-electron chi connectivity index (χ3n) is 16.1. The lowest BCUT2D eigenvalue weighted by molar-refractivity contribution is -0.264. The van der Waals surface area contributed by atoms with Gasteiger partial charge in [-0.15, -0.1) is 0 Å². The maximum absolute atomic E-state index is 14.5. The van der Waals surface area contributed by atoms with Gasteiger partial charge in [0.05, 0.1) is 24.4 Å². The van der Waals surface area contributed by atoms with Crippen molar-refractivity contribution >= 4 is 23.4 Å². The molecule has 4 aliphatic heterocycles. The fraction of sp³-hybridized carbons (Fsp3) is 0.745. The van der Waals surface area contributed by atoms with Crippen LogP contribution in [0.4, 0.5) is 0 Å². The van der Waals surface area contributed by atoms with Crippen LogP contribution in [0.15, 0.2) is 59.8 Å². The fourth-order valence-electron chi connectivity index (χ4n) is 11.5. The molecule has 0 aromatic heterocycles. The molecule has 0 aromatic carbocycles. The normalized spacial score (nSPS) is 41.3. The van der Waals surface area contributed by atoms with Gasteiger partial charge in [0.15, 0.2) is 0 Å². The van der Waals surface area contributed by atoms with Gasteiger partial charge in [-0.25, -0.2) is 4.79 Å². The third-order valence-corrected chi connectivity index (χ3v) is 16.1. The Labute approximate surface area is 412 Å². The van der Waals surface area contributed by atoms with Gasteiger partial charge >= 0.3 is 5.97 Å². The lowest BCUT2D eigenvalue weighted by atomic mass is 9.78. The van der Waals surface area contributed by atoms with Gasteiger partial charge in [0.25, 0.3) is 11.7 Å². The summed E-state index contributed by atoms with van der Waals surface area (Å²) in [4.78, 5) is 61.0. The minimum Gasteiger partial charge on any atom is -0.460 e. The molecule has 0 radical (unpaired) electrons. The maximum atomic E-state index is 14.5. The highest BCUT2D eigenvalue weighted by Gasteiger charge is 2.53. The molecule has 5 aliphatic rings. The largest absolute Gasteiger partial charge is 0.460 e. The fourth-order valence-corrected chi connectivity index (χ4v) is 11.5. The molecule has 16 atom stereocenters.